The van der Waals surface area contributed by atoms with Crippen LogP contribution in [0.15, 0.2) is 45.5 Å². The summed E-state index contributed by atoms with van der Waals surface area (Å²) in [4.78, 5) is 23.1. The Hall–Kier alpha value is -2.28. The molecule has 2 aromatic rings. The van der Waals surface area contributed by atoms with E-state index in [1.807, 2.05) is 0 Å². The Balaban J connectivity index is 1.96. The van der Waals surface area contributed by atoms with Gasteiger partial charge in [0, 0.05) is 11.4 Å². The van der Waals surface area contributed by atoms with E-state index < -0.39 is 6.09 Å². The first-order chi connectivity index (χ1) is 10.1. The van der Waals surface area contributed by atoms with Crippen molar-refractivity contribution in [2.75, 3.05) is 17.2 Å². The van der Waals surface area contributed by atoms with Gasteiger partial charge in [0.1, 0.15) is 0 Å². The molecule has 0 aliphatic carbocycles. The van der Waals surface area contributed by atoms with Crippen LogP contribution in [0.2, 0.25) is 0 Å². The smallest absolute Gasteiger partial charge is 0.411 e. The number of hydrogen-bond acceptors (Lipinski definition) is 4. The highest BCUT2D eigenvalue weighted by atomic mass is 79.9. The molecule has 0 saturated heterocycles. The van der Waals surface area contributed by atoms with Crippen LogP contribution in [0.4, 0.5) is 16.2 Å². The minimum Gasteiger partial charge on any atom is -0.450 e. The van der Waals surface area contributed by atoms with Crippen LogP contribution in [0.1, 0.15) is 17.5 Å². The molecule has 0 fully saturated rings. The highest BCUT2D eigenvalue weighted by Gasteiger charge is 2.10. The third kappa shape index (κ3) is 4.35. The van der Waals surface area contributed by atoms with Gasteiger partial charge in [0.2, 0.25) is 0 Å². The van der Waals surface area contributed by atoms with E-state index in [0.717, 1.165) is 0 Å². The molecule has 0 radical (unpaired) electrons. The number of amides is 2. The van der Waals surface area contributed by atoms with Gasteiger partial charge in [0.05, 0.1) is 6.61 Å². The quantitative estimate of drug-likeness (QED) is 0.875. The number of benzene rings is 1. The van der Waals surface area contributed by atoms with E-state index in [9.17, 15) is 9.59 Å². The van der Waals surface area contributed by atoms with Crippen LogP contribution >= 0.6 is 15.9 Å². The molecule has 0 unspecified atom stereocenters. The number of carbonyl (C=O) groups is 2. The van der Waals surface area contributed by atoms with Crippen molar-refractivity contribution in [3.05, 3.63) is 46.8 Å². The summed E-state index contributed by atoms with van der Waals surface area (Å²) in [6, 6.07) is 9.85. The molecule has 2 amide bonds. The Morgan fingerprint density at radius 1 is 1.10 bits per heavy atom. The van der Waals surface area contributed by atoms with E-state index in [4.69, 9.17) is 9.15 Å². The molecule has 0 spiro atoms. The van der Waals surface area contributed by atoms with Crippen LogP contribution in [-0.2, 0) is 4.74 Å². The molecule has 0 saturated carbocycles. The maximum Gasteiger partial charge on any atom is 0.411 e. The Bertz CT molecular complexity index is 637. The summed E-state index contributed by atoms with van der Waals surface area (Å²) in [5.74, 6) is -0.151. The zero-order chi connectivity index (χ0) is 15.2. The van der Waals surface area contributed by atoms with Gasteiger partial charge in [0.25, 0.3) is 5.91 Å². The normalized spacial score (nSPS) is 10.0. The maximum atomic E-state index is 11.9. The molecule has 1 heterocycles. The average Bonchev–Trinajstić information content (AvgIpc) is 2.88. The molecular formula is C14H13BrN2O4. The van der Waals surface area contributed by atoms with Crippen LogP contribution in [0.5, 0.6) is 0 Å². The second kappa shape index (κ2) is 6.94. The predicted octanol–water partition coefficient (Wildman–Crippen LogP) is 3.86. The van der Waals surface area contributed by atoms with Crippen LogP contribution in [-0.4, -0.2) is 18.6 Å². The van der Waals surface area contributed by atoms with E-state index >= 15 is 0 Å². The summed E-state index contributed by atoms with van der Waals surface area (Å²) in [7, 11) is 0. The van der Waals surface area contributed by atoms with Gasteiger partial charge in [-0.25, -0.2) is 4.79 Å². The fourth-order valence-corrected chi connectivity index (χ4v) is 1.86. The third-order valence-electron chi connectivity index (χ3n) is 2.46. The van der Waals surface area contributed by atoms with Crippen molar-refractivity contribution < 1.29 is 18.7 Å². The highest BCUT2D eigenvalue weighted by Crippen LogP contribution is 2.17. The van der Waals surface area contributed by atoms with Crippen LogP contribution in [0.3, 0.4) is 0 Å². The molecule has 7 heteroatoms. The first-order valence-corrected chi connectivity index (χ1v) is 6.98. The molecule has 0 aliphatic heterocycles. The Morgan fingerprint density at radius 3 is 2.24 bits per heavy atom. The van der Waals surface area contributed by atoms with Gasteiger partial charge < -0.3 is 14.5 Å². The molecule has 2 rings (SSSR count). The van der Waals surface area contributed by atoms with Crippen molar-refractivity contribution >= 4 is 39.3 Å². The number of ether oxygens (including phenoxy) is 1. The molecule has 2 N–H and O–H groups in total. The Morgan fingerprint density at radius 2 is 1.71 bits per heavy atom. The first kappa shape index (κ1) is 15.1. The number of carbonyl (C=O) groups excluding carboxylic acids is 2. The number of hydrogen-bond donors (Lipinski definition) is 2. The van der Waals surface area contributed by atoms with Gasteiger partial charge in [-0.2, -0.15) is 0 Å². The molecule has 1 aromatic heterocycles. The van der Waals surface area contributed by atoms with Gasteiger partial charge >= 0.3 is 6.09 Å². The van der Waals surface area contributed by atoms with Crippen molar-refractivity contribution in [2.45, 2.75) is 6.92 Å². The summed E-state index contributed by atoms with van der Waals surface area (Å²) in [5.41, 5.74) is 1.16. The van der Waals surface area contributed by atoms with Gasteiger partial charge in [-0.3, -0.25) is 10.1 Å². The van der Waals surface area contributed by atoms with E-state index in [1.165, 1.54) is 0 Å². The summed E-state index contributed by atoms with van der Waals surface area (Å²) < 4.78 is 10.4. The van der Waals surface area contributed by atoms with Crippen LogP contribution < -0.4 is 10.6 Å². The lowest BCUT2D eigenvalue weighted by atomic mass is 10.2. The van der Waals surface area contributed by atoms with E-state index in [2.05, 4.69) is 26.6 Å². The van der Waals surface area contributed by atoms with Crippen molar-refractivity contribution in [1.29, 1.82) is 0 Å². The number of rotatable bonds is 4. The molecule has 0 atom stereocenters. The van der Waals surface area contributed by atoms with Crippen molar-refractivity contribution in [1.82, 2.24) is 0 Å². The SMILES string of the molecule is CCOC(=O)Nc1ccc(NC(=O)c2ccc(Br)o2)cc1. The summed E-state index contributed by atoms with van der Waals surface area (Å²) in [6.07, 6.45) is -0.519. The third-order valence-corrected chi connectivity index (χ3v) is 2.89. The monoisotopic (exact) mass is 352 g/mol. The lowest BCUT2D eigenvalue weighted by Crippen LogP contribution is -2.13. The zero-order valence-corrected chi connectivity index (χ0v) is 12.8. The first-order valence-electron chi connectivity index (χ1n) is 6.19. The topological polar surface area (TPSA) is 80.6 Å². The molecule has 21 heavy (non-hydrogen) atoms. The molecule has 1 aromatic carbocycles. The van der Waals surface area contributed by atoms with Crippen molar-refractivity contribution in [2.24, 2.45) is 0 Å². The highest BCUT2D eigenvalue weighted by molar-refractivity contribution is 9.10. The van der Waals surface area contributed by atoms with E-state index in [0.29, 0.717) is 22.7 Å². The number of anilines is 2. The average molecular weight is 353 g/mol. The largest absolute Gasteiger partial charge is 0.450 e. The van der Waals surface area contributed by atoms with Gasteiger partial charge in [-0.15, -0.1) is 0 Å². The molecule has 0 aliphatic rings. The Kier molecular flexibility index (Phi) is 4.99. The lowest BCUT2D eigenvalue weighted by molar-refractivity contribution is 0.0995. The number of furan rings is 1. The second-order valence-corrected chi connectivity index (χ2v) is 4.76. The second-order valence-electron chi connectivity index (χ2n) is 3.98. The number of nitrogens with one attached hydrogen (secondary N) is 2. The fourth-order valence-electron chi connectivity index (χ4n) is 1.55. The van der Waals surface area contributed by atoms with E-state index in [-0.39, 0.29) is 11.7 Å². The molecular weight excluding hydrogens is 340 g/mol. The van der Waals surface area contributed by atoms with Gasteiger partial charge in [-0.05, 0) is 59.3 Å². The number of halogens is 1. The fraction of sp³-hybridized carbons (Fsp3) is 0.143. The maximum absolute atomic E-state index is 11.9. The summed E-state index contributed by atoms with van der Waals surface area (Å²) in [5, 5.41) is 5.24. The minimum atomic E-state index is -0.519. The Labute approximate surface area is 129 Å². The van der Waals surface area contributed by atoms with Crippen LogP contribution in [0.25, 0.3) is 0 Å². The minimum absolute atomic E-state index is 0.204. The van der Waals surface area contributed by atoms with Gasteiger partial charge in [0.15, 0.2) is 10.4 Å². The van der Waals surface area contributed by atoms with Gasteiger partial charge in [-0.1, -0.05) is 0 Å². The standard InChI is InChI=1S/C14H13BrN2O4/c1-2-20-14(19)17-10-5-3-9(4-6-10)16-13(18)11-7-8-12(15)21-11/h3-8H,2H2,1H3,(H,16,18)(H,17,19). The summed E-state index contributed by atoms with van der Waals surface area (Å²) in [6.45, 7) is 2.03. The van der Waals surface area contributed by atoms with Crippen molar-refractivity contribution in [3.63, 3.8) is 0 Å². The van der Waals surface area contributed by atoms with Crippen LogP contribution in [0, 0.1) is 0 Å². The van der Waals surface area contributed by atoms with Crippen molar-refractivity contribution in [3.8, 4) is 0 Å². The zero-order valence-electron chi connectivity index (χ0n) is 11.2. The molecule has 6 nitrogen and oxygen atoms in total. The molecule has 110 valence electrons. The van der Waals surface area contributed by atoms with E-state index in [1.54, 1.807) is 43.3 Å². The summed E-state index contributed by atoms with van der Waals surface area (Å²) >= 11 is 3.13. The molecule has 0 bridgehead atoms. The lowest BCUT2D eigenvalue weighted by Gasteiger charge is -2.07. The predicted molar refractivity (Wildman–Crippen MR) is 81.4 cm³/mol.